The van der Waals surface area contributed by atoms with Gasteiger partial charge in [-0.3, -0.25) is 0 Å². The van der Waals surface area contributed by atoms with Crippen LogP contribution in [0, 0.1) is 5.41 Å². The first kappa shape index (κ1) is 19.0. The van der Waals surface area contributed by atoms with Crippen LogP contribution in [0.5, 0.6) is 0 Å². The fourth-order valence-corrected chi connectivity index (χ4v) is 7.19. The van der Waals surface area contributed by atoms with Gasteiger partial charge in [0.2, 0.25) is 0 Å². The van der Waals surface area contributed by atoms with Crippen LogP contribution in [0.3, 0.4) is 0 Å². The number of benzene rings is 3. The Hall–Kier alpha value is -2.56. The van der Waals surface area contributed by atoms with E-state index in [-0.39, 0.29) is 0 Å². The van der Waals surface area contributed by atoms with Gasteiger partial charge in [-0.15, -0.1) is 11.3 Å². The number of thiophene rings is 1. The molecular weight excluding hydrogens is 424 g/mol. The molecule has 0 aliphatic rings. The summed E-state index contributed by atoms with van der Waals surface area (Å²) in [7, 11) is -1.59. The van der Waals surface area contributed by atoms with Crippen LogP contribution in [0.2, 0.25) is 19.6 Å². The number of hydrogen-bond donors (Lipinski definition) is 0. The van der Waals surface area contributed by atoms with Crippen molar-refractivity contribution in [2.24, 2.45) is 5.41 Å². The molecule has 0 bridgehead atoms. The number of aromatic nitrogens is 2. The fraction of sp³-hybridized carbons (Fsp3) is 0.286. The van der Waals surface area contributed by atoms with E-state index in [9.17, 15) is 0 Å². The zero-order valence-corrected chi connectivity index (χ0v) is 21.4. The first-order chi connectivity index (χ1) is 15.9. The standard InChI is InChI=1S/C28H30N2SSi/c1-28(2,3)16-18-11-12-22-23(13-18)31-27-25(29-17-30-26(22)27)20-14-19-9-7-8-10-21(19)24(15-20)32(4,5)6/h7-15,17H,16H2,1-6H3/i16D2. The largest absolute Gasteiger partial charge is 0.235 e. The van der Waals surface area contributed by atoms with Gasteiger partial charge in [0, 0.05) is 18.4 Å². The molecule has 0 saturated heterocycles. The predicted molar refractivity (Wildman–Crippen MR) is 144 cm³/mol. The van der Waals surface area contributed by atoms with E-state index in [1.165, 1.54) is 16.0 Å². The molecule has 2 aromatic heterocycles. The van der Waals surface area contributed by atoms with Crippen molar-refractivity contribution in [2.75, 3.05) is 0 Å². The summed E-state index contributed by atoms with van der Waals surface area (Å²) in [5.74, 6) is 0. The SMILES string of the molecule is [2H]C([2H])(c1ccc2c(c1)sc1c(-c3cc([Si](C)(C)C)c4ccccc4c3)ncnc12)C(C)(C)C. The van der Waals surface area contributed by atoms with Crippen LogP contribution in [0.25, 0.3) is 42.3 Å². The number of fused-ring (bicyclic) bond motifs is 4. The Morgan fingerprint density at radius 2 is 1.72 bits per heavy atom. The first-order valence-corrected chi connectivity index (χ1v) is 15.4. The first-order valence-electron chi connectivity index (χ1n) is 12.1. The van der Waals surface area contributed by atoms with E-state index in [0.29, 0.717) is 5.56 Å². The summed E-state index contributed by atoms with van der Waals surface area (Å²) >= 11 is 1.66. The lowest BCUT2D eigenvalue weighted by Gasteiger charge is -2.21. The topological polar surface area (TPSA) is 25.8 Å². The highest BCUT2D eigenvalue weighted by atomic mass is 32.1. The van der Waals surface area contributed by atoms with Crippen molar-refractivity contribution in [2.45, 2.75) is 46.8 Å². The summed E-state index contributed by atoms with van der Waals surface area (Å²) in [6.07, 6.45) is 0.228. The van der Waals surface area contributed by atoms with Crippen LogP contribution >= 0.6 is 11.3 Å². The van der Waals surface area contributed by atoms with Crippen LogP contribution in [-0.2, 0) is 6.37 Å². The lowest BCUT2D eigenvalue weighted by atomic mass is 9.88. The molecule has 0 atom stereocenters. The van der Waals surface area contributed by atoms with E-state index in [2.05, 4.69) is 61.0 Å². The van der Waals surface area contributed by atoms with Gasteiger partial charge in [0.05, 0.1) is 24.0 Å². The van der Waals surface area contributed by atoms with E-state index in [4.69, 9.17) is 7.73 Å². The summed E-state index contributed by atoms with van der Waals surface area (Å²) in [4.78, 5) is 9.40. The van der Waals surface area contributed by atoms with Gasteiger partial charge in [-0.1, -0.05) is 88.1 Å². The highest BCUT2D eigenvalue weighted by molar-refractivity contribution is 7.26. The Morgan fingerprint density at radius 3 is 2.47 bits per heavy atom. The van der Waals surface area contributed by atoms with E-state index >= 15 is 0 Å². The van der Waals surface area contributed by atoms with Gasteiger partial charge in [-0.2, -0.15) is 0 Å². The second-order valence-corrected chi connectivity index (χ2v) is 16.7. The minimum atomic E-state index is -1.59. The molecule has 0 fully saturated rings. The van der Waals surface area contributed by atoms with Gasteiger partial charge in [-0.05, 0) is 40.3 Å². The van der Waals surface area contributed by atoms with E-state index in [1.54, 1.807) is 17.7 Å². The third-order valence-corrected chi connectivity index (χ3v) is 8.89. The quantitative estimate of drug-likeness (QED) is 0.259. The zero-order valence-electron chi connectivity index (χ0n) is 21.6. The van der Waals surface area contributed by atoms with Crippen molar-refractivity contribution < 1.29 is 2.74 Å². The Labute approximate surface area is 198 Å². The van der Waals surface area contributed by atoms with Gasteiger partial charge >= 0.3 is 0 Å². The Morgan fingerprint density at radius 1 is 0.938 bits per heavy atom. The average molecular weight is 457 g/mol. The molecule has 0 aliphatic heterocycles. The molecule has 0 spiro atoms. The minimum Gasteiger partial charge on any atom is -0.235 e. The lowest BCUT2D eigenvalue weighted by Crippen LogP contribution is -2.38. The van der Waals surface area contributed by atoms with Crippen LogP contribution in [0.4, 0.5) is 0 Å². The van der Waals surface area contributed by atoms with Crippen LogP contribution in [-0.4, -0.2) is 18.0 Å². The summed E-state index contributed by atoms with van der Waals surface area (Å²) in [6.45, 7) is 13.0. The van der Waals surface area contributed by atoms with Crippen molar-refractivity contribution in [3.63, 3.8) is 0 Å². The van der Waals surface area contributed by atoms with Crippen molar-refractivity contribution >= 4 is 55.7 Å². The minimum absolute atomic E-state index is 0.499. The van der Waals surface area contributed by atoms with Gasteiger partial charge < -0.3 is 0 Å². The molecule has 0 aliphatic carbocycles. The summed E-state index contributed by atoms with van der Waals surface area (Å²) in [5.41, 5.74) is 3.23. The van der Waals surface area contributed by atoms with Gasteiger partial charge in [0.15, 0.2) is 0 Å². The molecule has 162 valence electrons. The van der Waals surface area contributed by atoms with Crippen LogP contribution in [0.1, 0.15) is 29.1 Å². The molecule has 5 rings (SSSR count). The Balaban J connectivity index is 1.76. The molecule has 2 nitrogen and oxygen atoms in total. The van der Waals surface area contributed by atoms with Crippen molar-refractivity contribution in [3.8, 4) is 11.3 Å². The molecule has 2 heterocycles. The third kappa shape index (κ3) is 3.87. The van der Waals surface area contributed by atoms with Gasteiger partial charge in [0.25, 0.3) is 0 Å². The molecule has 0 radical (unpaired) electrons. The van der Waals surface area contributed by atoms with E-state index in [0.717, 1.165) is 31.6 Å². The normalized spacial score (nSPS) is 14.2. The average Bonchev–Trinajstić information content (AvgIpc) is 3.15. The van der Waals surface area contributed by atoms with Gasteiger partial charge in [-0.25, -0.2) is 9.97 Å². The molecular formula is C28H30N2SSi. The Kier molecular flexibility index (Phi) is 4.44. The predicted octanol–water partition coefficient (Wildman–Crippen LogP) is 7.80. The molecule has 4 heteroatoms. The number of nitrogens with zero attached hydrogens (tertiary/aromatic N) is 2. The smallest absolute Gasteiger partial charge is 0.116 e. The molecule has 0 N–H and O–H groups in total. The molecule has 0 saturated carbocycles. The maximum Gasteiger partial charge on any atom is 0.116 e. The van der Waals surface area contributed by atoms with Crippen molar-refractivity contribution in [1.82, 2.24) is 9.97 Å². The summed E-state index contributed by atoms with van der Waals surface area (Å²) in [6, 6.07) is 19.2. The third-order valence-electron chi connectivity index (χ3n) is 5.72. The maximum absolute atomic E-state index is 8.71. The molecule has 3 aromatic carbocycles. The van der Waals surface area contributed by atoms with Crippen LogP contribution in [0.15, 0.2) is 60.9 Å². The molecule has 0 amide bonds. The molecule has 0 unspecified atom stereocenters. The monoisotopic (exact) mass is 456 g/mol. The zero-order chi connectivity index (χ0) is 24.5. The highest BCUT2D eigenvalue weighted by Crippen LogP contribution is 2.39. The van der Waals surface area contributed by atoms with Crippen molar-refractivity contribution in [1.29, 1.82) is 0 Å². The Bertz CT molecular complexity index is 1560. The van der Waals surface area contributed by atoms with E-state index in [1.807, 2.05) is 39.0 Å². The second kappa shape index (κ2) is 7.50. The summed E-state index contributed by atoms with van der Waals surface area (Å²) in [5, 5.41) is 5.07. The molecule has 32 heavy (non-hydrogen) atoms. The maximum atomic E-state index is 8.71. The van der Waals surface area contributed by atoms with Gasteiger partial charge in [0.1, 0.15) is 6.33 Å². The van der Waals surface area contributed by atoms with Crippen LogP contribution < -0.4 is 5.19 Å². The fourth-order valence-electron chi connectivity index (χ4n) is 4.36. The van der Waals surface area contributed by atoms with E-state index < -0.39 is 19.9 Å². The molecule has 5 aromatic rings. The summed E-state index contributed by atoms with van der Waals surface area (Å²) < 4.78 is 19.5. The number of rotatable bonds is 3. The second-order valence-electron chi connectivity index (χ2n) is 10.6. The lowest BCUT2D eigenvalue weighted by molar-refractivity contribution is 0.411. The highest BCUT2D eigenvalue weighted by Gasteiger charge is 2.22. The van der Waals surface area contributed by atoms with Crippen molar-refractivity contribution in [3.05, 3.63) is 66.5 Å². The number of hydrogen-bond acceptors (Lipinski definition) is 3.